The lowest BCUT2D eigenvalue weighted by Gasteiger charge is -2.07. The van der Waals surface area contributed by atoms with Crippen molar-refractivity contribution in [2.45, 2.75) is 18.9 Å². The van der Waals surface area contributed by atoms with Crippen molar-refractivity contribution < 1.29 is 14.3 Å². The fourth-order valence-corrected chi connectivity index (χ4v) is 4.60. The molecule has 1 heterocycles. The molecule has 3 aromatic rings. The number of anilines is 1. The Morgan fingerprint density at radius 2 is 1.89 bits per heavy atom. The van der Waals surface area contributed by atoms with Crippen molar-refractivity contribution in [3.05, 3.63) is 56.9 Å². The van der Waals surface area contributed by atoms with Crippen molar-refractivity contribution in [1.82, 2.24) is 5.32 Å². The Morgan fingerprint density at radius 3 is 2.61 bits per heavy atom. The maximum absolute atomic E-state index is 12.8. The molecule has 0 spiro atoms. The van der Waals surface area contributed by atoms with Crippen LogP contribution in [0, 0.1) is 0 Å². The molecule has 1 aromatic heterocycles. The molecule has 0 saturated heterocycles. The smallest absolute Gasteiger partial charge is 0.267 e. The number of carbonyl (C=O) groups excluding carboxylic acids is 2. The van der Waals surface area contributed by atoms with Crippen LogP contribution in [0.1, 0.15) is 32.9 Å². The van der Waals surface area contributed by atoms with Crippen molar-refractivity contribution in [3.63, 3.8) is 0 Å². The van der Waals surface area contributed by atoms with Crippen molar-refractivity contribution in [3.8, 4) is 5.75 Å². The standard InChI is InChI=1S/C20H16Cl2N2O3S/c1-27-14-8-7-13-15(21)18(28-17(13)16(14)22)20(26)24-12-4-2-3-10(9-12)19(25)23-11-5-6-11/h2-4,7-9,11H,5-6H2,1H3,(H,23,25)(H,24,26). The molecule has 8 heteroatoms. The van der Waals surface area contributed by atoms with Crippen LogP contribution >= 0.6 is 34.5 Å². The van der Waals surface area contributed by atoms with E-state index in [0.29, 0.717) is 42.0 Å². The highest BCUT2D eigenvalue weighted by molar-refractivity contribution is 7.22. The number of carbonyl (C=O) groups is 2. The van der Waals surface area contributed by atoms with Crippen LogP contribution < -0.4 is 15.4 Å². The number of amides is 2. The third-order valence-corrected chi connectivity index (χ3v) is 6.64. The van der Waals surface area contributed by atoms with Crippen molar-refractivity contribution in [2.24, 2.45) is 0 Å². The van der Waals surface area contributed by atoms with Crippen molar-refractivity contribution in [2.75, 3.05) is 12.4 Å². The number of rotatable bonds is 5. The van der Waals surface area contributed by atoms with E-state index in [2.05, 4.69) is 10.6 Å². The molecule has 2 aromatic carbocycles. The van der Waals surface area contributed by atoms with Crippen LogP contribution in [0.2, 0.25) is 10.0 Å². The van der Waals surface area contributed by atoms with Crippen LogP contribution in [0.5, 0.6) is 5.75 Å². The summed E-state index contributed by atoms with van der Waals surface area (Å²) in [5.41, 5.74) is 1.02. The Bertz CT molecular complexity index is 1090. The quantitative estimate of drug-likeness (QED) is 0.567. The summed E-state index contributed by atoms with van der Waals surface area (Å²) in [5.74, 6) is 0.0202. The zero-order valence-corrected chi connectivity index (χ0v) is 17.2. The highest BCUT2D eigenvalue weighted by atomic mass is 35.5. The summed E-state index contributed by atoms with van der Waals surface area (Å²) >= 11 is 14.0. The molecule has 2 N–H and O–H groups in total. The van der Waals surface area contributed by atoms with Gasteiger partial charge in [0.1, 0.15) is 15.6 Å². The van der Waals surface area contributed by atoms with Crippen LogP contribution in [0.15, 0.2) is 36.4 Å². The number of ether oxygens (including phenoxy) is 1. The van der Waals surface area contributed by atoms with Gasteiger partial charge in [0.05, 0.1) is 16.8 Å². The van der Waals surface area contributed by atoms with Gasteiger partial charge in [0, 0.05) is 22.7 Å². The van der Waals surface area contributed by atoms with Crippen molar-refractivity contribution >= 4 is 62.1 Å². The normalized spacial score (nSPS) is 13.4. The topological polar surface area (TPSA) is 67.4 Å². The minimum absolute atomic E-state index is 0.141. The predicted octanol–water partition coefficient (Wildman–Crippen LogP) is 5.36. The summed E-state index contributed by atoms with van der Waals surface area (Å²) in [6, 6.07) is 10.6. The third-order valence-electron chi connectivity index (χ3n) is 4.42. The fourth-order valence-electron chi connectivity index (χ4n) is 2.81. The first kappa shape index (κ1) is 19.1. The lowest BCUT2D eigenvalue weighted by atomic mass is 10.2. The van der Waals surface area contributed by atoms with Gasteiger partial charge in [-0.15, -0.1) is 11.3 Å². The summed E-state index contributed by atoms with van der Waals surface area (Å²) in [5, 5.41) is 7.19. The van der Waals surface area contributed by atoms with Crippen LogP contribution in [-0.2, 0) is 0 Å². The molecule has 4 rings (SSSR count). The molecule has 1 aliphatic carbocycles. The molecule has 2 amide bonds. The van der Waals surface area contributed by atoms with Gasteiger partial charge in [-0.05, 0) is 43.2 Å². The minimum Gasteiger partial charge on any atom is -0.495 e. The maximum Gasteiger partial charge on any atom is 0.267 e. The van der Waals surface area contributed by atoms with Crippen LogP contribution in [0.3, 0.4) is 0 Å². The number of nitrogens with one attached hydrogen (secondary N) is 2. The van der Waals surface area contributed by atoms with Gasteiger partial charge in [-0.25, -0.2) is 0 Å². The highest BCUT2D eigenvalue weighted by Crippen LogP contribution is 2.43. The lowest BCUT2D eigenvalue weighted by Crippen LogP contribution is -2.25. The Hall–Kier alpha value is -2.28. The number of methoxy groups -OCH3 is 1. The van der Waals surface area contributed by atoms with Crippen LogP contribution in [0.4, 0.5) is 5.69 Å². The zero-order valence-electron chi connectivity index (χ0n) is 14.8. The van der Waals surface area contributed by atoms with E-state index >= 15 is 0 Å². The third kappa shape index (κ3) is 3.68. The predicted molar refractivity (Wildman–Crippen MR) is 113 cm³/mol. The summed E-state index contributed by atoms with van der Waals surface area (Å²) in [6.45, 7) is 0. The number of benzene rings is 2. The molecule has 1 saturated carbocycles. The molecule has 0 radical (unpaired) electrons. The molecule has 144 valence electrons. The van der Waals surface area contributed by atoms with Gasteiger partial charge in [-0.2, -0.15) is 0 Å². The number of hydrogen-bond donors (Lipinski definition) is 2. The Balaban J connectivity index is 1.59. The van der Waals surface area contributed by atoms with Gasteiger partial charge >= 0.3 is 0 Å². The van der Waals surface area contributed by atoms with Gasteiger partial charge in [0.15, 0.2) is 0 Å². The first-order valence-electron chi connectivity index (χ1n) is 8.64. The van der Waals surface area contributed by atoms with Crippen molar-refractivity contribution in [1.29, 1.82) is 0 Å². The molecule has 0 unspecified atom stereocenters. The van der Waals surface area contributed by atoms with Gasteiger partial charge in [-0.1, -0.05) is 29.3 Å². The zero-order chi connectivity index (χ0) is 19.8. The molecule has 1 aliphatic rings. The lowest BCUT2D eigenvalue weighted by molar-refractivity contribution is 0.0949. The summed E-state index contributed by atoms with van der Waals surface area (Å²) in [4.78, 5) is 25.3. The Morgan fingerprint density at radius 1 is 1.11 bits per heavy atom. The molecule has 0 atom stereocenters. The second kappa shape index (κ2) is 7.62. The first-order chi connectivity index (χ1) is 13.5. The SMILES string of the molecule is COc1ccc2c(Cl)c(C(=O)Nc3cccc(C(=O)NC4CC4)c3)sc2c1Cl. The summed E-state index contributed by atoms with van der Waals surface area (Å²) < 4.78 is 5.91. The van der Waals surface area contributed by atoms with E-state index in [4.69, 9.17) is 27.9 Å². The van der Waals surface area contributed by atoms with E-state index in [1.165, 1.54) is 18.4 Å². The van der Waals surface area contributed by atoms with E-state index in [-0.39, 0.29) is 17.9 Å². The second-order valence-corrected chi connectivity index (χ2v) is 8.26. The Labute approximate surface area is 175 Å². The summed E-state index contributed by atoms with van der Waals surface area (Å²) in [6.07, 6.45) is 2.03. The van der Waals surface area contributed by atoms with Crippen LogP contribution in [0.25, 0.3) is 10.1 Å². The number of fused-ring (bicyclic) bond motifs is 1. The second-order valence-electron chi connectivity index (χ2n) is 6.49. The van der Waals surface area contributed by atoms with E-state index < -0.39 is 0 Å². The maximum atomic E-state index is 12.8. The largest absolute Gasteiger partial charge is 0.495 e. The molecule has 0 aliphatic heterocycles. The Kier molecular flexibility index (Phi) is 5.19. The molecular weight excluding hydrogens is 419 g/mol. The van der Waals surface area contributed by atoms with Gasteiger partial charge in [0.25, 0.3) is 11.8 Å². The van der Waals surface area contributed by atoms with E-state index in [1.807, 2.05) is 0 Å². The van der Waals surface area contributed by atoms with E-state index in [1.54, 1.807) is 36.4 Å². The summed E-state index contributed by atoms with van der Waals surface area (Å²) in [7, 11) is 1.53. The van der Waals surface area contributed by atoms with Gasteiger partial charge < -0.3 is 15.4 Å². The van der Waals surface area contributed by atoms with Gasteiger partial charge in [0.2, 0.25) is 0 Å². The average Bonchev–Trinajstić information content (AvgIpc) is 3.43. The molecule has 0 bridgehead atoms. The number of thiophene rings is 1. The molecular formula is C20H16Cl2N2O3S. The number of hydrogen-bond acceptors (Lipinski definition) is 4. The number of halogens is 2. The molecule has 5 nitrogen and oxygen atoms in total. The first-order valence-corrected chi connectivity index (χ1v) is 10.2. The highest BCUT2D eigenvalue weighted by Gasteiger charge is 2.24. The minimum atomic E-state index is -0.360. The molecule has 1 fully saturated rings. The van der Waals surface area contributed by atoms with Gasteiger partial charge in [-0.3, -0.25) is 9.59 Å². The monoisotopic (exact) mass is 434 g/mol. The van der Waals surface area contributed by atoms with E-state index in [0.717, 1.165) is 12.8 Å². The average molecular weight is 435 g/mol. The van der Waals surface area contributed by atoms with E-state index in [9.17, 15) is 9.59 Å². The van der Waals surface area contributed by atoms with Crippen LogP contribution in [-0.4, -0.2) is 25.0 Å². The fraction of sp³-hybridized carbons (Fsp3) is 0.200. The molecule has 28 heavy (non-hydrogen) atoms.